The highest BCUT2D eigenvalue weighted by atomic mass is 35.5. The van der Waals surface area contributed by atoms with Crippen molar-refractivity contribution in [1.29, 1.82) is 0 Å². The second-order valence-corrected chi connectivity index (χ2v) is 5.76. The molecule has 1 N–H and O–H groups in total. The number of benzene rings is 2. The summed E-state index contributed by atoms with van der Waals surface area (Å²) in [5.74, 6) is 0.670. The maximum Gasteiger partial charge on any atom is 0.310 e. The number of imidazole rings is 1. The minimum absolute atomic E-state index is 0.215. The van der Waals surface area contributed by atoms with Crippen molar-refractivity contribution in [2.45, 2.75) is 19.8 Å². The number of ether oxygens (including phenoxy) is 1. The molecule has 0 unspecified atom stereocenters. The van der Waals surface area contributed by atoms with Gasteiger partial charge in [-0.05, 0) is 42.3 Å². The summed E-state index contributed by atoms with van der Waals surface area (Å²) in [6.45, 7) is 2.20. The first-order valence-corrected chi connectivity index (χ1v) is 7.89. The summed E-state index contributed by atoms with van der Waals surface area (Å²) < 4.78 is 4.98. The van der Waals surface area contributed by atoms with Gasteiger partial charge < -0.3 is 9.72 Å². The second-order valence-electron chi connectivity index (χ2n) is 5.32. The lowest BCUT2D eigenvalue weighted by atomic mass is 10.1. The van der Waals surface area contributed by atoms with Gasteiger partial charge in [0, 0.05) is 11.4 Å². The number of hydrogen-bond acceptors (Lipinski definition) is 3. The van der Waals surface area contributed by atoms with E-state index in [0.29, 0.717) is 13.0 Å². The van der Waals surface area contributed by atoms with Gasteiger partial charge in [-0.2, -0.15) is 0 Å². The summed E-state index contributed by atoms with van der Waals surface area (Å²) in [4.78, 5) is 19.5. The molecular weight excluding hydrogens is 312 g/mol. The number of rotatable bonds is 5. The second kappa shape index (κ2) is 6.84. The first-order chi connectivity index (χ1) is 11.1. The van der Waals surface area contributed by atoms with E-state index in [4.69, 9.17) is 16.3 Å². The molecule has 0 atom stereocenters. The summed E-state index contributed by atoms with van der Waals surface area (Å²) in [5.41, 5.74) is 3.87. The molecule has 118 valence electrons. The number of aromatic nitrogens is 2. The number of halogens is 1. The molecule has 3 rings (SSSR count). The lowest BCUT2D eigenvalue weighted by Crippen LogP contribution is -2.07. The lowest BCUT2D eigenvalue weighted by molar-refractivity contribution is -0.142. The van der Waals surface area contributed by atoms with Crippen molar-refractivity contribution in [2.24, 2.45) is 0 Å². The molecule has 0 saturated carbocycles. The molecule has 0 amide bonds. The van der Waals surface area contributed by atoms with Gasteiger partial charge in [-0.3, -0.25) is 4.79 Å². The third-order valence-electron chi connectivity index (χ3n) is 3.53. The van der Waals surface area contributed by atoms with E-state index in [2.05, 4.69) is 9.97 Å². The predicted octanol–water partition coefficient (Wildman–Crippen LogP) is 3.91. The standard InChI is InChI=1S/C18H17ClN2O2/c1-2-23-18(22)11-13-5-8-15-16(9-13)21-17(20-15)10-12-3-6-14(19)7-4-12/h3-9H,2,10-11H2,1H3,(H,20,21). The van der Waals surface area contributed by atoms with Crippen LogP contribution in [0.1, 0.15) is 23.9 Å². The fraction of sp³-hybridized carbons (Fsp3) is 0.222. The molecule has 0 spiro atoms. The van der Waals surface area contributed by atoms with Gasteiger partial charge in [0.05, 0.1) is 24.1 Å². The number of carbonyl (C=O) groups excluding carboxylic acids is 1. The Kier molecular flexibility index (Phi) is 4.63. The Bertz CT molecular complexity index is 825. The lowest BCUT2D eigenvalue weighted by Gasteiger charge is -2.01. The topological polar surface area (TPSA) is 55.0 Å². The first kappa shape index (κ1) is 15.6. The summed E-state index contributed by atoms with van der Waals surface area (Å²) in [6, 6.07) is 13.5. The molecule has 0 aliphatic carbocycles. The zero-order chi connectivity index (χ0) is 16.2. The van der Waals surface area contributed by atoms with E-state index >= 15 is 0 Å². The number of carbonyl (C=O) groups is 1. The minimum atomic E-state index is -0.215. The van der Waals surface area contributed by atoms with Crippen LogP contribution >= 0.6 is 11.6 Å². The maximum absolute atomic E-state index is 11.6. The van der Waals surface area contributed by atoms with Crippen LogP contribution in [-0.2, 0) is 22.4 Å². The number of nitrogens with zero attached hydrogens (tertiary/aromatic N) is 1. The van der Waals surface area contributed by atoms with Crippen molar-refractivity contribution < 1.29 is 9.53 Å². The Balaban J connectivity index is 1.78. The van der Waals surface area contributed by atoms with Gasteiger partial charge in [0.15, 0.2) is 0 Å². The van der Waals surface area contributed by atoms with Crippen LogP contribution in [-0.4, -0.2) is 22.5 Å². The molecule has 0 fully saturated rings. The molecule has 0 saturated heterocycles. The van der Waals surface area contributed by atoms with E-state index in [1.807, 2.05) is 42.5 Å². The average molecular weight is 329 g/mol. The van der Waals surface area contributed by atoms with E-state index in [9.17, 15) is 4.79 Å². The fourth-order valence-corrected chi connectivity index (χ4v) is 2.60. The Morgan fingerprint density at radius 2 is 1.91 bits per heavy atom. The Labute approximate surface area is 139 Å². The molecule has 1 heterocycles. The van der Waals surface area contributed by atoms with E-state index in [1.165, 1.54) is 0 Å². The van der Waals surface area contributed by atoms with Gasteiger partial charge in [-0.25, -0.2) is 4.98 Å². The molecule has 0 bridgehead atoms. The molecule has 0 aliphatic rings. The maximum atomic E-state index is 11.6. The highest BCUT2D eigenvalue weighted by Crippen LogP contribution is 2.17. The molecular formula is C18H17ClN2O2. The number of hydrogen-bond donors (Lipinski definition) is 1. The van der Waals surface area contributed by atoms with Crippen molar-refractivity contribution in [3.05, 3.63) is 64.4 Å². The molecule has 1 aromatic heterocycles. The Hall–Kier alpha value is -2.33. The fourth-order valence-electron chi connectivity index (χ4n) is 2.48. The van der Waals surface area contributed by atoms with Crippen LogP contribution in [0.2, 0.25) is 5.02 Å². The van der Waals surface area contributed by atoms with Crippen molar-refractivity contribution in [3.8, 4) is 0 Å². The van der Waals surface area contributed by atoms with E-state index in [0.717, 1.165) is 33.0 Å². The van der Waals surface area contributed by atoms with Crippen molar-refractivity contribution in [2.75, 3.05) is 6.61 Å². The van der Waals surface area contributed by atoms with Crippen LogP contribution < -0.4 is 0 Å². The zero-order valence-electron chi connectivity index (χ0n) is 12.8. The molecule has 5 heteroatoms. The zero-order valence-corrected chi connectivity index (χ0v) is 13.6. The molecule has 23 heavy (non-hydrogen) atoms. The summed E-state index contributed by atoms with van der Waals surface area (Å²) in [7, 11) is 0. The van der Waals surface area contributed by atoms with Crippen molar-refractivity contribution >= 4 is 28.6 Å². The van der Waals surface area contributed by atoms with Crippen LogP contribution in [0.5, 0.6) is 0 Å². The largest absolute Gasteiger partial charge is 0.466 e. The van der Waals surface area contributed by atoms with E-state index < -0.39 is 0 Å². The third-order valence-corrected chi connectivity index (χ3v) is 3.79. The number of nitrogens with one attached hydrogen (secondary N) is 1. The average Bonchev–Trinajstić information content (AvgIpc) is 2.91. The minimum Gasteiger partial charge on any atom is -0.466 e. The Morgan fingerprint density at radius 3 is 2.65 bits per heavy atom. The SMILES string of the molecule is CCOC(=O)Cc1ccc2nc(Cc3ccc(Cl)cc3)[nH]c2c1. The van der Waals surface area contributed by atoms with Gasteiger partial charge in [0.25, 0.3) is 0 Å². The molecule has 4 nitrogen and oxygen atoms in total. The molecule has 2 aromatic carbocycles. The molecule has 0 radical (unpaired) electrons. The van der Waals surface area contributed by atoms with Crippen molar-refractivity contribution in [1.82, 2.24) is 9.97 Å². The van der Waals surface area contributed by atoms with Crippen LogP contribution in [0.25, 0.3) is 11.0 Å². The van der Waals surface area contributed by atoms with Crippen LogP contribution in [0.15, 0.2) is 42.5 Å². The number of esters is 1. The molecule has 0 aliphatic heterocycles. The third kappa shape index (κ3) is 3.90. The number of fused-ring (bicyclic) bond motifs is 1. The first-order valence-electron chi connectivity index (χ1n) is 7.51. The van der Waals surface area contributed by atoms with Gasteiger partial charge in [-0.15, -0.1) is 0 Å². The van der Waals surface area contributed by atoms with Gasteiger partial charge >= 0.3 is 5.97 Å². The summed E-state index contributed by atoms with van der Waals surface area (Å²) >= 11 is 5.90. The molecule has 3 aromatic rings. The smallest absolute Gasteiger partial charge is 0.310 e. The highest BCUT2D eigenvalue weighted by molar-refractivity contribution is 6.30. The van der Waals surface area contributed by atoms with Crippen LogP contribution in [0.4, 0.5) is 0 Å². The predicted molar refractivity (Wildman–Crippen MR) is 90.7 cm³/mol. The quantitative estimate of drug-likeness (QED) is 0.722. The van der Waals surface area contributed by atoms with Crippen molar-refractivity contribution in [3.63, 3.8) is 0 Å². The van der Waals surface area contributed by atoms with Gasteiger partial charge in [-0.1, -0.05) is 29.8 Å². The van der Waals surface area contributed by atoms with Gasteiger partial charge in [0.2, 0.25) is 0 Å². The number of aromatic amines is 1. The highest BCUT2D eigenvalue weighted by Gasteiger charge is 2.08. The van der Waals surface area contributed by atoms with E-state index in [1.54, 1.807) is 6.92 Å². The Morgan fingerprint density at radius 1 is 1.17 bits per heavy atom. The van der Waals surface area contributed by atoms with Gasteiger partial charge in [0.1, 0.15) is 5.82 Å². The van der Waals surface area contributed by atoms with Crippen LogP contribution in [0, 0.1) is 0 Å². The number of H-pyrrole nitrogens is 1. The van der Waals surface area contributed by atoms with Crippen LogP contribution in [0.3, 0.4) is 0 Å². The van der Waals surface area contributed by atoms with E-state index in [-0.39, 0.29) is 12.4 Å². The normalized spacial score (nSPS) is 10.9. The summed E-state index contributed by atoms with van der Waals surface area (Å²) in [5, 5.41) is 0.724. The summed E-state index contributed by atoms with van der Waals surface area (Å²) in [6.07, 6.45) is 0.981. The monoisotopic (exact) mass is 328 g/mol.